The first-order valence-corrected chi connectivity index (χ1v) is 9.42. The molecule has 0 saturated heterocycles. The van der Waals surface area contributed by atoms with Crippen LogP contribution in [0.15, 0.2) is 34.2 Å². The Morgan fingerprint density at radius 3 is 2.64 bits per heavy atom. The molecule has 1 amide bonds. The zero-order chi connectivity index (χ0) is 20.4. The van der Waals surface area contributed by atoms with Gasteiger partial charge >= 0.3 is 0 Å². The first-order valence-electron chi connectivity index (χ1n) is 9.42. The first kappa shape index (κ1) is 19.8. The highest BCUT2D eigenvalue weighted by Crippen LogP contribution is 2.42. The standard InChI is InChI=1S/C21H27N5O2/c1-5-26-13-14(6-7-18(26)27)16-12-17(25(4)11-10-24(2)3)19(21(22)28)15-8-9-23-20(15)16/h6-7,9,12-13H,5,8,10-11H2,1-4H3,(H2,22,28). The summed E-state index contributed by atoms with van der Waals surface area (Å²) in [6.45, 7) is 4.12. The summed E-state index contributed by atoms with van der Waals surface area (Å²) in [5.74, 6) is -0.446. The highest BCUT2D eigenvalue weighted by molar-refractivity contribution is 6.06. The molecule has 1 aliphatic heterocycles. The number of anilines is 1. The van der Waals surface area contributed by atoms with E-state index in [0.29, 0.717) is 18.5 Å². The Hall–Kier alpha value is -2.93. The van der Waals surface area contributed by atoms with Crippen LogP contribution in [0.5, 0.6) is 0 Å². The quantitative estimate of drug-likeness (QED) is 0.794. The Kier molecular flexibility index (Phi) is 5.65. The monoisotopic (exact) mass is 381 g/mol. The van der Waals surface area contributed by atoms with Crippen LogP contribution in [-0.2, 0) is 13.0 Å². The van der Waals surface area contributed by atoms with Crippen LogP contribution in [0.1, 0.15) is 22.8 Å². The lowest BCUT2D eigenvalue weighted by Gasteiger charge is -2.26. The number of aromatic nitrogens is 1. The third kappa shape index (κ3) is 3.71. The summed E-state index contributed by atoms with van der Waals surface area (Å²) in [5.41, 5.74) is 10.5. The van der Waals surface area contributed by atoms with Crippen molar-refractivity contribution in [3.05, 3.63) is 45.9 Å². The van der Waals surface area contributed by atoms with Gasteiger partial charge in [-0.3, -0.25) is 14.6 Å². The lowest BCUT2D eigenvalue weighted by Crippen LogP contribution is -2.30. The predicted octanol–water partition coefficient (Wildman–Crippen LogP) is 1.89. The Morgan fingerprint density at radius 2 is 2.00 bits per heavy atom. The van der Waals surface area contributed by atoms with Gasteiger partial charge in [-0.05, 0) is 38.7 Å². The summed E-state index contributed by atoms with van der Waals surface area (Å²) in [6.07, 6.45) is 4.22. The topological polar surface area (TPSA) is 83.9 Å². The first-order chi connectivity index (χ1) is 13.3. The molecule has 3 rings (SSSR count). The van der Waals surface area contributed by atoms with Crippen molar-refractivity contribution in [3.63, 3.8) is 0 Å². The van der Waals surface area contributed by atoms with Crippen LogP contribution in [0.2, 0.25) is 0 Å². The number of rotatable bonds is 7. The third-order valence-corrected chi connectivity index (χ3v) is 5.07. The maximum Gasteiger partial charge on any atom is 0.251 e. The molecule has 0 aliphatic carbocycles. The molecule has 7 heteroatoms. The Balaban J connectivity index is 2.20. The maximum atomic E-state index is 12.3. The maximum absolute atomic E-state index is 12.3. The molecular formula is C21H27N5O2. The summed E-state index contributed by atoms with van der Waals surface area (Å²) in [5, 5.41) is 0. The molecule has 2 heterocycles. The number of aliphatic imine (C=N–C) groups is 1. The summed E-state index contributed by atoms with van der Waals surface area (Å²) < 4.78 is 1.66. The van der Waals surface area contributed by atoms with Gasteiger partial charge in [0.05, 0.1) is 16.9 Å². The van der Waals surface area contributed by atoms with Crippen LogP contribution < -0.4 is 16.2 Å². The van der Waals surface area contributed by atoms with Crippen LogP contribution in [0.3, 0.4) is 0 Å². The molecule has 2 aromatic rings. The Bertz CT molecular complexity index is 991. The molecular weight excluding hydrogens is 354 g/mol. The highest BCUT2D eigenvalue weighted by atomic mass is 16.1. The van der Waals surface area contributed by atoms with E-state index in [9.17, 15) is 9.59 Å². The number of carbonyl (C=O) groups excluding carboxylic acids is 1. The largest absolute Gasteiger partial charge is 0.373 e. The van der Waals surface area contributed by atoms with Crippen molar-refractivity contribution in [1.29, 1.82) is 0 Å². The number of nitrogens with zero attached hydrogens (tertiary/aromatic N) is 4. The number of fused-ring (bicyclic) bond motifs is 1. The number of pyridine rings is 1. The Morgan fingerprint density at radius 1 is 1.25 bits per heavy atom. The summed E-state index contributed by atoms with van der Waals surface area (Å²) in [4.78, 5) is 33.0. The van der Waals surface area contributed by atoms with E-state index < -0.39 is 5.91 Å². The van der Waals surface area contributed by atoms with E-state index in [0.717, 1.165) is 41.2 Å². The second-order valence-corrected chi connectivity index (χ2v) is 7.29. The number of likely N-dealkylation sites (N-methyl/N-ethyl adjacent to an activating group) is 2. The van der Waals surface area contributed by atoms with Crippen molar-refractivity contribution in [2.75, 3.05) is 39.1 Å². The van der Waals surface area contributed by atoms with Crippen molar-refractivity contribution in [2.24, 2.45) is 10.7 Å². The lowest BCUT2D eigenvalue weighted by atomic mass is 9.94. The van der Waals surface area contributed by atoms with Gasteiger partial charge in [-0.15, -0.1) is 0 Å². The second kappa shape index (κ2) is 7.98. The van der Waals surface area contributed by atoms with E-state index in [4.69, 9.17) is 5.73 Å². The smallest absolute Gasteiger partial charge is 0.251 e. The number of nitrogens with two attached hydrogens (primary N) is 1. The predicted molar refractivity (Wildman–Crippen MR) is 114 cm³/mol. The molecule has 1 aromatic heterocycles. The van der Waals surface area contributed by atoms with Gasteiger partial charge in [0.25, 0.3) is 11.5 Å². The molecule has 0 bridgehead atoms. The number of hydrogen-bond donors (Lipinski definition) is 1. The number of benzene rings is 1. The minimum atomic E-state index is -0.446. The molecule has 1 aliphatic rings. The molecule has 0 fully saturated rings. The van der Waals surface area contributed by atoms with Crippen molar-refractivity contribution in [3.8, 4) is 11.1 Å². The lowest BCUT2D eigenvalue weighted by molar-refractivity contribution is 0.1000. The molecule has 1 aromatic carbocycles. The van der Waals surface area contributed by atoms with E-state index in [-0.39, 0.29) is 5.56 Å². The van der Waals surface area contributed by atoms with Gasteiger partial charge in [0.15, 0.2) is 0 Å². The van der Waals surface area contributed by atoms with Gasteiger partial charge in [-0.2, -0.15) is 0 Å². The van der Waals surface area contributed by atoms with E-state index in [1.54, 1.807) is 16.8 Å². The van der Waals surface area contributed by atoms with Crippen molar-refractivity contribution in [1.82, 2.24) is 9.47 Å². The van der Waals surface area contributed by atoms with Gasteiger partial charge in [-0.1, -0.05) is 0 Å². The average Bonchev–Trinajstić information content (AvgIpc) is 3.14. The molecule has 148 valence electrons. The number of aryl methyl sites for hydroxylation is 1. The van der Waals surface area contributed by atoms with Crippen LogP contribution >= 0.6 is 0 Å². The van der Waals surface area contributed by atoms with Gasteiger partial charge in [0.2, 0.25) is 0 Å². The fraction of sp³-hybridized carbons (Fsp3) is 0.381. The summed E-state index contributed by atoms with van der Waals surface area (Å²) in [7, 11) is 5.99. The van der Waals surface area contributed by atoms with Gasteiger partial charge in [-0.25, -0.2) is 0 Å². The van der Waals surface area contributed by atoms with E-state index in [1.807, 2.05) is 46.4 Å². The van der Waals surface area contributed by atoms with E-state index in [2.05, 4.69) is 14.8 Å². The van der Waals surface area contributed by atoms with Crippen molar-refractivity contribution in [2.45, 2.75) is 19.9 Å². The zero-order valence-corrected chi connectivity index (χ0v) is 16.9. The van der Waals surface area contributed by atoms with Gasteiger partial charge < -0.3 is 20.1 Å². The number of primary amides is 1. The molecule has 0 atom stereocenters. The molecule has 0 unspecified atom stereocenters. The van der Waals surface area contributed by atoms with Crippen LogP contribution in [0.25, 0.3) is 11.1 Å². The van der Waals surface area contributed by atoms with Crippen molar-refractivity contribution >= 4 is 23.5 Å². The third-order valence-electron chi connectivity index (χ3n) is 5.07. The number of hydrogen-bond acceptors (Lipinski definition) is 5. The molecule has 7 nitrogen and oxygen atoms in total. The fourth-order valence-electron chi connectivity index (χ4n) is 3.49. The summed E-state index contributed by atoms with van der Waals surface area (Å²) >= 11 is 0. The van der Waals surface area contributed by atoms with Crippen LogP contribution in [0, 0.1) is 0 Å². The van der Waals surface area contributed by atoms with Gasteiger partial charge in [0, 0.05) is 62.7 Å². The fourth-order valence-corrected chi connectivity index (χ4v) is 3.49. The number of carbonyl (C=O) groups is 1. The SMILES string of the molecule is CCn1cc(-c2cc(N(C)CCN(C)C)c(C(N)=O)c3c2N=CC3)ccc1=O. The van der Waals surface area contributed by atoms with Crippen LogP contribution in [-0.4, -0.2) is 55.8 Å². The van der Waals surface area contributed by atoms with Crippen molar-refractivity contribution < 1.29 is 4.79 Å². The molecule has 0 radical (unpaired) electrons. The minimum absolute atomic E-state index is 0.0384. The number of amides is 1. The van der Waals surface area contributed by atoms with Crippen LogP contribution in [0.4, 0.5) is 11.4 Å². The normalized spacial score (nSPS) is 12.5. The molecule has 0 spiro atoms. The molecule has 2 N–H and O–H groups in total. The average molecular weight is 381 g/mol. The van der Waals surface area contributed by atoms with Gasteiger partial charge in [0.1, 0.15) is 0 Å². The Labute approximate surface area is 165 Å². The van der Waals surface area contributed by atoms with E-state index in [1.165, 1.54) is 0 Å². The zero-order valence-electron chi connectivity index (χ0n) is 16.9. The van der Waals surface area contributed by atoms with E-state index >= 15 is 0 Å². The highest BCUT2D eigenvalue weighted by Gasteiger charge is 2.25. The molecule has 0 saturated carbocycles. The minimum Gasteiger partial charge on any atom is -0.373 e. The second-order valence-electron chi connectivity index (χ2n) is 7.29. The summed E-state index contributed by atoms with van der Waals surface area (Å²) in [6, 6.07) is 5.35. The molecule has 28 heavy (non-hydrogen) atoms.